The number of benzene rings is 1. The van der Waals surface area contributed by atoms with Gasteiger partial charge in [0.1, 0.15) is 0 Å². The largest absolute Gasteiger partial charge is 0.479 e. The number of allylic oxidation sites excluding steroid dienone is 3. The molecule has 1 rings (SSSR count). The molecule has 3 heteroatoms. The van der Waals surface area contributed by atoms with E-state index in [2.05, 4.69) is 11.9 Å². The fourth-order valence-electron chi connectivity index (χ4n) is 1.48. The molecule has 1 atom stereocenters. The second-order valence-corrected chi connectivity index (χ2v) is 3.68. The zero-order chi connectivity index (χ0) is 13.4. The van der Waals surface area contributed by atoms with E-state index in [9.17, 15) is 9.90 Å². The van der Waals surface area contributed by atoms with Gasteiger partial charge in [-0.25, -0.2) is 4.79 Å². The van der Waals surface area contributed by atoms with Gasteiger partial charge in [0.25, 0.3) is 0 Å². The Hall–Kier alpha value is -2.29. The number of anilines is 1. The van der Waals surface area contributed by atoms with Crippen LogP contribution in [0, 0.1) is 0 Å². The van der Waals surface area contributed by atoms with E-state index in [0.29, 0.717) is 5.57 Å². The highest BCUT2D eigenvalue weighted by Crippen LogP contribution is 2.13. The standard InChI is InChI=1S/C15H17NO2/c1-3-5-9-12(4-2)14(15(17)18)16-13-10-7-6-8-11-13/h3-11,14,16H,2H2,1H3,(H,17,18)/b5-3-,12-9+/t14-/m1/s1. The number of para-hydroxylation sites is 1. The highest BCUT2D eigenvalue weighted by Gasteiger charge is 2.19. The van der Waals surface area contributed by atoms with Crippen LogP contribution >= 0.6 is 0 Å². The number of carboxylic acid groups (broad SMARTS) is 1. The molecule has 18 heavy (non-hydrogen) atoms. The van der Waals surface area contributed by atoms with Crippen molar-refractivity contribution in [2.75, 3.05) is 5.32 Å². The van der Waals surface area contributed by atoms with E-state index in [1.807, 2.05) is 43.3 Å². The van der Waals surface area contributed by atoms with Crippen molar-refractivity contribution < 1.29 is 9.90 Å². The molecule has 0 amide bonds. The summed E-state index contributed by atoms with van der Waals surface area (Å²) in [5.41, 5.74) is 1.38. The first-order valence-electron chi connectivity index (χ1n) is 5.68. The third-order valence-corrected chi connectivity index (χ3v) is 2.38. The van der Waals surface area contributed by atoms with Gasteiger partial charge in [0.2, 0.25) is 0 Å². The summed E-state index contributed by atoms with van der Waals surface area (Å²) in [6.45, 7) is 5.53. The first-order valence-corrected chi connectivity index (χ1v) is 5.68. The highest BCUT2D eigenvalue weighted by molar-refractivity contribution is 5.82. The van der Waals surface area contributed by atoms with Crippen LogP contribution in [0.3, 0.4) is 0 Å². The lowest BCUT2D eigenvalue weighted by molar-refractivity contribution is -0.136. The molecule has 0 saturated heterocycles. The Morgan fingerprint density at radius 3 is 2.56 bits per heavy atom. The van der Waals surface area contributed by atoms with Crippen LogP contribution in [-0.4, -0.2) is 17.1 Å². The van der Waals surface area contributed by atoms with Gasteiger partial charge in [0.15, 0.2) is 6.04 Å². The van der Waals surface area contributed by atoms with Crippen LogP contribution in [0.4, 0.5) is 5.69 Å². The minimum atomic E-state index is -0.936. The molecule has 0 fully saturated rings. The number of carboxylic acids is 1. The predicted octanol–water partition coefficient (Wildman–Crippen LogP) is 3.24. The summed E-state index contributed by atoms with van der Waals surface area (Å²) < 4.78 is 0. The fourth-order valence-corrected chi connectivity index (χ4v) is 1.48. The van der Waals surface area contributed by atoms with Gasteiger partial charge < -0.3 is 10.4 Å². The van der Waals surface area contributed by atoms with Crippen molar-refractivity contribution >= 4 is 11.7 Å². The minimum Gasteiger partial charge on any atom is -0.479 e. The molecule has 0 spiro atoms. The van der Waals surface area contributed by atoms with E-state index < -0.39 is 12.0 Å². The second kappa shape index (κ2) is 7.12. The first kappa shape index (κ1) is 13.8. The van der Waals surface area contributed by atoms with Crippen LogP contribution in [0.1, 0.15) is 6.92 Å². The van der Waals surface area contributed by atoms with E-state index >= 15 is 0 Å². The molecular formula is C15H17NO2. The number of hydrogen-bond donors (Lipinski definition) is 2. The van der Waals surface area contributed by atoms with Gasteiger partial charge in [0.05, 0.1) is 0 Å². The van der Waals surface area contributed by atoms with E-state index in [0.717, 1.165) is 5.69 Å². The molecule has 94 valence electrons. The number of aliphatic carboxylic acids is 1. The Bertz CT molecular complexity index is 461. The molecule has 0 radical (unpaired) electrons. The molecule has 0 heterocycles. The van der Waals surface area contributed by atoms with Gasteiger partial charge in [-0.3, -0.25) is 0 Å². The maximum absolute atomic E-state index is 11.3. The zero-order valence-corrected chi connectivity index (χ0v) is 10.3. The summed E-state index contributed by atoms with van der Waals surface area (Å²) in [6.07, 6.45) is 6.92. The van der Waals surface area contributed by atoms with Crippen LogP contribution in [0.25, 0.3) is 0 Å². The van der Waals surface area contributed by atoms with E-state index in [1.54, 1.807) is 18.2 Å². The molecule has 0 aliphatic heterocycles. The number of hydrogen-bond acceptors (Lipinski definition) is 2. The van der Waals surface area contributed by atoms with Crippen molar-refractivity contribution in [1.29, 1.82) is 0 Å². The Labute approximate surface area is 107 Å². The molecule has 0 unspecified atom stereocenters. The van der Waals surface area contributed by atoms with Gasteiger partial charge in [-0.15, -0.1) is 0 Å². The Balaban J connectivity index is 2.95. The summed E-state index contributed by atoms with van der Waals surface area (Å²) in [5, 5.41) is 12.2. The quantitative estimate of drug-likeness (QED) is 0.754. The third kappa shape index (κ3) is 3.94. The van der Waals surface area contributed by atoms with Crippen molar-refractivity contribution in [2.24, 2.45) is 0 Å². The van der Waals surface area contributed by atoms with Gasteiger partial charge >= 0.3 is 5.97 Å². The number of carbonyl (C=O) groups is 1. The van der Waals surface area contributed by atoms with Gasteiger partial charge in [-0.2, -0.15) is 0 Å². The van der Waals surface area contributed by atoms with Crippen LogP contribution in [-0.2, 0) is 4.79 Å². The third-order valence-electron chi connectivity index (χ3n) is 2.38. The smallest absolute Gasteiger partial charge is 0.330 e. The molecule has 2 N–H and O–H groups in total. The normalized spacial score (nSPS) is 13.3. The zero-order valence-electron chi connectivity index (χ0n) is 10.3. The Kier molecular flexibility index (Phi) is 5.45. The summed E-state index contributed by atoms with van der Waals surface area (Å²) in [7, 11) is 0. The molecule has 3 nitrogen and oxygen atoms in total. The summed E-state index contributed by atoms with van der Waals surface area (Å²) in [4.78, 5) is 11.3. The predicted molar refractivity (Wildman–Crippen MR) is 74.6 cm³/mol. The lowest BCUT2D eigenvalue weighted by Crippen LogP contribution is -2.30. The lowest BCUT2D eigenvalue weighted by Gasteiger charge is -2.16. The Morgan fingerprint density at radius 2 is 2.06 bits per heavy atom. The molecule has 0 aromatic heterocycles. The average molecular weight is 243 g/mol. The molecule has 0 aliphatic carbocycles. The van der Waals surface area contributed by atoms with Crippen LogP contribution in [0.5, 0.6) is 0 Å². The molecule has 1 aromatic carbocycles. The minimum absolute atomic E-state index is 0.615. The van der Waals surface area contributed by atoms with Gasteiger partial charge in [-0.05, 0) is 24.6 Å². The lowest BCUT2D eigenvalue weighted by atomic mass is 10.1. The second-order valence-electron chi connectivity index (χ2n) is 3.68. The molecule has 0 saturated carbocycles. The van der Waals surface area contributed by atoms with Crippen molar-refractivity contribution in [3.63, 3.8) is 0 Å². The average Bonchev–Trinajstić information content (AvgIpc) is 2.39. The van der Waals surface area contributed by atoms with Crippen LogP contribution in [0.15, 0.2) is 66.8 Å². The fraction of sp³-hybridized carbons (Fsp3) is 0.133. The monoisotopic (exact) mass is 243 g/mol. The number of nitrogens with one attached hydrogen (secondary N) is 1. The summed E-state index contributed by atoms with van der Waals surface area (Å²) in [6, 6.07) is 8.43. The van der Waals surface area contributed by atoms with Crippen LogP contribution < -0.4 is 5.32 Å². The van der Waals surface area contributed by atoms with E-state index in [4.69, 9.17) is 0 Å². The maximum atomic E-state index is 11.3. The van der Waals surface area contributed by atoms with Crippen molar-refractivity contribution in [1.82, 2.24) is 0 Å². The molecule has 0 bridgehead atoms. The van der Waals surface area contributed by atoms with Crippen molar-refractivity contribution in [2.45, 2.75) is 13.0 Å². The number of rotatable bonds is 6. The van der Waals surface area contributed by atoms with Crippen LogP contribution in [0.2, 0.25) is 0 Å². The maximum Gasteiger partial charge on any atom is 0.330 e. The van der Waals surface area contributed by atoms with Crippen molar-refractivity contribution in [3.05, 3.63) is 66.8 Å². The van der Waals surface area contributed by atoms with E-state index in [-0.39, 0.29) is 0 Å². The summed E-state index contributed by atoms with van der Waals surface area (Å²) in [5.74, 6) is -0.936. The molecule has 1 aromatic rings. The van der Waals surface area contributed by atoms with E-state index in [1.165, 1.54) is 0 Å². The van der Waals surface area contributed by atoms with Crippen molar-refractivity contribution in [3.8, 4) is 0 Å². The highest BCUT2D eigenvalue weighted by atomic mass is 16.4. The summed E-state index contributed by atoms with van der Waals surface area (Å²) >= 11 is 0. The van der Waals surface area contributed by atoms with Gasteiger partial charge in [0, 0.05) is 5.69 Å². The first-order chi connectivity index (χ1) is 8.69. The van der Waals surface area contributed by atoms with Gasteiger partial charge in [-0.1, -0.05) is 49.1 Å². The molecular weight excluding hydrogens is 226 g/mol. The topological polar surface area (TPSA) is 49.3 Å². The SMILES string of the molecule is C=C/C(=C\C=C/C)[C@@H](Nc1ccccc1)C(=O)O. The molecule has 0 aliphatic rings. The Morgan fingerprint density at radius 1 is 1.39 bits per heavy atom.